The van der Waals surface area contributed by atoms with Crippen LogP contribution in [0.25, 0.3) is 0 Å². The molecule has 0 fully saturated rings. The Morgan fingerprint density at radius 3 is 2.85 bits per heavy atom. The number of aromatic nitrogens is 2. The Labute approximate surface area is 74.5 Å². The van der Waals surface area contributed by atoms with E-state index in [0.29, 0.717) is 12.1 Å². The van der Waals surface area contributed by atoms with Gasteiger partial charge in [-0.05, 0) is 5.57 Å². The zero-order chi connectivity index (χ0) is 9.84. The zero-order valence-electron chi connectivity index (χ0n) is 7.12. The van der Waals surface area contributed by atoms with E-state index in [-0.39, 0.29) is 17.7 Å². The maximum absolute atomic E-state index is 11.1. The maximum Gasteiger partial charge on any atom is 0.265 e. The average Bonchev–Trinajstić information content (AvgIpc) is 2.11. The smallest absolute Gasteiger partial charge is 0.265 e. The van der Waals surface area contributed by atoms with Gasteiger partial charge in [0, 0.05) is 18.7 Å². The largest absolute Gasteiger partial charge is 0.327 e. The predicted molar refractivity (Wildman–Crippen MR) is 49.5 cm³/mol. The third-order valence-corrected chi connectivity index (χ3v) is 1.56. The Bertz CT molecular complexity index is 416. The Kier molecular flexibility index (Phi) is 2.81. The van der Waals surface area contributed by atoms with E-state index in [1.54, 1.807) is 0 Å². The summed E-state index contributed by atoms with van der Waals surface area (Å²) in [5.74, 6) is 0. The van der Waals surface area contributed by atoms with E-state index in [9.17, 15) is 9.59 Å². The Balaban J connectivity index is 3.01. The van der Waals surface area contributed by atoms with Gasteiger partial charge in [-0.3, -0.25) is 14.7 Å². The van der Waals surface area contributed by atoms with Crippen LogP contribution in [0.4, 0.5) is 0 Å². The number of hydrogen-bond donors (Lipinski definition) is 2. The molecule has 0 aliphatic rings. The summed E-state index contributed by atoms with van der Waals surface area (Å²) in [4.78, 5) is 22.0. The molecule has 1 aromatic rings. The minimum Gasteiger partial charge on any atom is -0.327 e. The molecule has 0 aromatic carbocycles. The molecule has 0 saturated heterocycles. The quantitative estimate of drug-likeness (QED) is 0.590. The molecule has 0 saturated carbocycles. The van der Waals surface area contributed by atoms with Crippen molar-refractivity contribution in [3.8, 4) is 0 Å². The van der Waals surface area contributed by atoms with E-state index in [1.165, 1.54) is 16.8 Å². The van der Waals surface area contributed by atoms with Crippen LogP contribution in [0.1, 0.15) is 0 Å². The fraction of sp³-hybridized carbons (Fsp3) is 0.250. The molecule has 0 bridgehead atoms. The van der Waals surface area contributed by atoms with E-state index in [0.717, 1.165) is 0 Å². The van der Waals surface area contributed by atoms with Crippen LogP contribution in [-0.2, 0) is 6.54 Å². The van der Waals surface area contributed by atoms with Crippen LogP contribution >= 0.6 is 0 Å². The number of rotatable bonds is 3. The van der Waals surface area contributed by atoms with Crippen molar-refractivity contribution in [1.29, 1.82) is 0 Å². The number of aromatic amines is 1. The van der Waals surface area contributed by atoms with Crippen molar-refractivity contribution in [3.63, 3.8) is 0 Å². The third-order valence-electron chi connectivity index (χ3n) is 1.56. The fourth-order valence-corrected chi connectivity index (χ4v) is 0.868. The van der Waals surface area contributed by atoms with Gasteiger partial charge < -0.3 is 5.73 Å². The molecule has 5 heteroatoms. The highest BCUT2D eigenvalue weighted by atomic mass is 16.1. The van der Waals surface area contributed by atoms with E-state index in [1.807, 2.05) is 0 Å². The van der Waals surface area contributed by atoms with Crippen LogP contribution in [0.15, 0.2) is 33.9 Å². The number of nitrogens with one attached hydrogen (secondary N) is 1. The van der Waals surface area contributed by atoms with E-state index < -0.39 is 0 Å². The number of nitrogens with two attached hydrogens (primary N) is 1. The van der Waals surface area contributed by atoms with Gasteiger partial charge in [-0.2, -0.15) is 0 Å². The summed E-state index contributed by atoms with van der Waals surface area (Å²) in [6.07, 6.45) is 0. The molecule has 0 radical (unpaired) electrons. The first-order chi connectivity index (χ1) is 6.13. The highest BCUT2D eigenvalue weighted by Crippen LogP contribution is 1.87. The minimum atomic E-state index is -0.315. The molecule has 1 aromatic heterocycles. The average molecular weight is 181 g/mol. The van der Waals surface area contributed by atoms with E-state index in [2.05, 4.69) is 11.7 Å². The number of nitrogens with zero attached hydrogens (tertiary/aromatic N) is 1. The normalized spacial score (nSPS) is 9.92. The first kappa shape index (κ1) is 9.47. The fourth-order valence-electron chi connectivity index (χ4n) is 0.868. The zero-order valence-corrected chi connectivity index (χ0v) is 7.12. The molecule has 70 valence electrons. The summed E-state index contributed by atoms with van der Waals surface area (Å²) >= 11 is 0. The van der Waals surface area contributed by atoms with Crippen molar-refractivity contribution in [3.05, 3.63) is 45.0 Å². The van der Waals surface area contributed by atoms with Crippen molar-refractivity contribution in [1.82, 2.24) is 9.78 Å². The van der Waals surface area contributed by atoms with Gasteiger partial charge in [-0.15, -0.1) is 0 Å². The maximum atomic E-state index is 11.1. The highest BCUT2D eigenvalue weighted by Gasteiger charge is 1.97. The van der Waals surface area contributed by atoms with Crippen molar-refractivity contribution >= 4 is 0 Å². The molecule has 0 spiro atoms. The second-order valence-electron chi connectivity index (χ2n) is 2.69. The summed E-state index contributed by atoms with van der Waals surface area (Å²) in [6.45, 7) is 4.18. The van der Waals surface area contributed by atoms with Crippen molar-refractivity contribution in [2.75, 3.05) is 6.54 Å². The summed E-state index contributed by atoms with van der Waals surface area (Å²) in [6, 6.07) is 2.40. The van der Waals surface area contributed by atoms with Crippen LogP contribution in [0.3, 0.4) is 0 Å². The van der Waals surface area contributed by atoms with Gasteiger partial charge in [-0.25, -0.2) is 4.68 Å². The summed E-state index contributed by atoms with van der Waals surface area (Å²) in [7, 11) is 0. The van der Waals surface area contributed by atoms with Crippen LogP contribution in [0.5, 0.6) is 0 Å². The minimum absolute atomic E-state index is 0.255. The van der Waals surface area contributed by atoms with Gasteiger partial charge in [0.1, 0.15) is 0 Å². The molecule has 0 aliphatic heterocycles. The first-order valence-electron chi connectivity index (χ1n) is 3.80. The van der Waals surface area contributed by atoms with Crippen molar-refractivity contribution in [2.24, 2.45) is 5.73 Å². The van der Waals surface area contributed by atoms with Crippen LogP contribution in [0, 0.1) is 0 Å². The number of hydrogen-bond acceptors (Lipinski definition) is 3. The molecule has 13 heavy (non-hydrogen) atoms. The molecule has 0 unspecified atom stereocenters. The first-order valence-corrected chi connectivity index (χ1v) is 3.80. The molecular weight excluding hydrogens is 170 g/mol. The second-order valence-corrected chi connectivity index (χ2v) is 2.69. The van der Waals surface area contributed by atoms with Crippen molar-refractivity contribution < 1.29 is 0 Å². The van der Waals surface area contributed by atoms with Gasteiger partial charge in [0.2, 0.25) is 0 Å². The van der Waals surface area contributed by atoms with Crippen LogP contribution < -0.4 is 16.9 Å². The lowest BCUT2D eigenvalue weighted by Crippen LogP contribution is -2.29. The molecule has 3 N–H and O–H groups in total. The second kappa shape index (κ2) is 3.86. The molecule has 0 atom stereocenters. The Hall–Kier alpha value is -1.62. The summed E-state index contributed by atoms with van der Waals surface area (Å²) in [5, 5.41) is 2.37. The lowest BCUT2D eigenvalue weighted by atomic mass is 10.3. The van der Waals surface area contributed by atoms with Crippen LogP contribution in [0.2, 0.25) is 0 Å². The van der Waals surface area contributed by atoms with E-state index >= 15 is 0 Å². The molecule has 1 heterocycles. The highest BCUT2D eigenvalue weighted by molar-refractivity contribution is 4.96. The van der Waals surface area contributed by atoms with Gasteiger partial charge >= 0.3 is 0 Å². The summed E-state index contributed by atoms with van der Waals surface area (Å²) < 4.78 is 1.18. The van der Waals surface area contributed by atoms with Gasteiger partial charge in [-0.1, -0.05) is 6.58 Å². The monoisotopic (exact) mass is 181 g/mol. The lowest BCUT2D eigenvalue weighted by Gasteiger charge is -2.04. The Morgan fingerprint density at radius 1 is 1.54 bits per heavy atom. The molecule has 1 rings (SSSR count). The predicted octanol–water partition coefficient (Wildman–Crippen LogP) is -0.948. The molecule has 0 amide bonds. The van der Waals surface area contributed by atoms with E-state index in [4.69, 9.17) is 5.73 Å². The van der Waals surface area contributed by atoms with Crippen LogP contribution in [-0.4, -0.2) is 16.3 Å². The van der Waals surface area contributed by atoms with Crippen molar-refractivity contribution in [2.45, 2.75) is 6.54 Å². The summed E-state index contributed by atoms with van der Waals surface area (Å²) in [5.41, 5.74) is 5.40. The SMILES string of the molecule is C=C(CN)Cn1[nH]c(=O)ccc1=O. The van der Waals surface area contributed by atoms with Gasteiger partial charge in [0.15, 0.2) is 0 Å². The van der Waals surface area contributed by atoms with Gasteiger partial charge in [0.05, 0.1) is 6.54 Å². The molecule has 5 nitrogen and oxygen atoms in total. The third kappa shape index (κ3) is 2.41. The Morgan fingerprint density at radius 2 is 2.23 bits per heavy atom. The van der Waals surface area contributed by atoms with Gasteiger partial charge in [0.25, 0.3) is 11.1 Å². The molecular formula is C8H11N3O2. The topological polar surface area (TPSA) is 80.9 Å². The number of H-pyrrole nitrogens is 1. The lowest BCUT2D eigenvalue weighted by molar-refractivity contribution is 0.615. The molecule has 0 aliphatic carbocycles. The standard InChI is InChI=1S/C8H11N3O2/c1-6(4-9)5-11-8(13)3-2-7(12)10-11/h2-3H,1,4-5,9H2,(H,10,12).